The molecule has 1 aliphatic rings. The lowest BCUT2D eigenvalue weighted by atomic mass is 10.1. The number of hydrogen-bond donors (Lipinski definition) is 1. The van der Waals surface area contributed by atoms with Gasteiger partial charge in [0.1, 0.15) is 5.75 Å². The summed E-state index contributed by atoms with van der Waals surface area (Å²) >= 11 is 1.43. The summed E-state index contributed by atoms with van der Waals surface area (Å²) in [7, 11) is 1.65. The third-order valence-electron chi connectivity index (χ3n) is 4.10. The van der Waals surface area contributed by atoms with Gasteiger partial charge in [-0.05, 0) is 38.3 Å². The van der Waals surface area contributed by atoms with Crippen molar-refractivity contribution in [3.63, 3.8) is 0 Å². The summed E-state index contributed by atoms with van der Waals surface area (Å²) in [6.45, 7) is 2.85. The molecule has 5 nitrogen and oxygen atoms in total. The summed E-state index contributed by atoms with van der Waals surface area (Å²) in [6.07, 6.45) is 3.63. The van der Waals surface area contributed by atoms with Gasteiger partial charge in [0.15, 0.2) is 5.13 Å². The largest absolute Gasteiger partial charge is 0.496 e. The quantitative estimate of drug-likeness (QED) is 0.858. The van der Waals surface area contributed by atoms with Gasteiger partial charge < -0.3 is 14.8 Å². The molecule has 0 saturated carbocycles. The Bertz CT molecular complexity index is 708. The van der Waals surface area contributed by atoms with E-state index in [-0.39, 0.29) is 12.0 Å². The Labute approximate surface area is 146 Å². The van der Waals surface area contributed by atoms with Gasteiger partial charge in [-0.2, -0.15) is 0 Å². The zero-order valence-electron chi connectivity index (χ0n) is 14.0. The van der Waals surface area contributed by atoms with Crippen molar-refractivity contribution < 1.29 is 14.3 Å². The van der Waals surface area contributed by atoms with Crippen LogP contribution in [0, 0.1) is 6.92 Å². The fraction of sp³-hybridized carbons (Fsp3) is 0.444. The molecule has 1 amide bonds. The Balaban J connectivity index is 1.63. The average Bonchev–Trinajstić information content (AvgIpc) is 3.24. The summed E-state index contributed by atoms with van der Waals surface area (Å²) in [5, 5.41) is 5.43. The number of carbonyl (C=O) groups excluding carboxylic acids is 1. The third-order valence-corrected chi connectivity index (χ3v) is 4.86. The Morgan fingerprint density at radius 1 is 1.50 bits per heavy atom. The first-order valence-electron chi connectivity index (χ1n) is 8.17. The minimum Gasteiger partial charge on any atom is -0.496 e. The van der Waals surface area contributed by atoms with E-state index < -0.39 is 0 Å². The first-order chi connectivity index (χ1) is 11.7. The number of rotatable bonds is 6. The topological polar surface area (TPSA) is 60.5 Å². The van der Waals surface area contributed by atoms with Crippen molar-refractivity contribution >= 4 is 22.4 Å². The van der Waals surface area contributed by atoms with Crippen LogP contribution in [0.15, 0.2) is 23.6 Å². The van der Waals surface area contributed by atoms with Gasteiger partial charge in [0.2, 0.25) is 5.91 Å². The molecule has 3 rings (SSSR count). The van der Waals surface area contributed by atoms with Gasteiger partial charge in [-0.1, -0.05) is 11.6 Å². The highest BCUT2D eigenvalue weighted by atomic mass is 32.1. The molecule has 2 aromatic rings. The SMILES string of the molecule is COc1ccc(C)cc1-c1csc(NC(=O)CC[C@H]2CCCO2)n1. The predicted octanol–water partition coefficient (Wildman–Crippen LogP) is 4.02. The smallest absolute Gasteiger partial charge is 0.226 e. The lowest BCUT2D eigenvalue weighted by molar-refractivity contribution is -0.116. The number of hydrogen-bond acceptors (Lipinski definition) is 5. The fourth-order valence-corrected chi connectivity index (χ4v) is 3.55. The lowest BCUT2D eigenvalue weighted by Gasteiger charge is -2.08. The van der Waals surface area contributed by atoms with Gasteiger partial charge in [-0.3, -0.25) is 4.79 Å². The second kappa shape index (κ2) is 7.77. The normalized spacial score (nSPS) is 17.0. The van der Waals surface area contributed by atoms with Gasteiger partial charge in [0.25, 0.3) is 0 Å². The van der Waals surface area contributed by atoms with Gasteiger partial charge in [0, 0.05) is 24.0 Å². The first-order valence-corrected chi connectivity index (χ1v) is 9.05. The predicted molar refractivity (Wildman–Crippen MR) is 95.7 cm³/mol. The number of nitrogens with one attached hydrogen (secondary N) is 1. The second-order valence-corrected chi connectivity index (χ2v) is 6.82. The van der Waals surface area contributed by atoms with Gasteiger partial charge in [-0.25, -0.2) is 4.98 Å². The molecule has 0 aliphatic carbocycles. The maximum absolute atomic E-state index is 12.1. The number of thiazole rings is 1. The number of amides is 1. The van der Waals surface area contributed by atoms with Crippen molar-refractivity contribution in [3.05, 3.63) is 29.1 Å². The van der Waals surface area contributed by atoms with E-state index in [2.05, 4.69) is 10.3 Å². The molecule has 1 aliphatic heterocycles. The average molecular weight is 346 g/mol. The molecular weight excluding hydrogens is 324 g/mol. The van der Waals surface area contributed by atoms with Crippen LogP contribution in [0.4, 0.5) is 5.13 Å². The summed E-state index contributed by atoms with van der Waals surface area (Å²) < 4.78 is 10.9. The number of aryl methyl sites for hydroxylation is 1. The van der Waals surface area contributed by atoms with Gasteiger partial charge in [-0.15, -0.1) is 11.3 Å². The van der Waals surface area contributed by atoms with Crippen LogP contribution in [0.5, 0.6) is 5.75 Å². The molecule has 1 atom stereocenters. The molecule has 2 heterocycles. The van der Waals surface area contributed by atoms with Crippen molar-refractivity contribution in [2.45, 2.75) is 38.7 Å². The second-order valence-electron chi connectivity index (χ2n) is 5.96. The van der Waals surface area contributed by atoms with Gasteiger partial charge >= 0.3 is 0 Å². The standard InChI is InChI=1S/C18H22N2O3S/c1-12-5-7-16(22-2)14(10-12)15-11-24-18(19-15)20-17(21)8-6-13-4-3-9-23-13/h5,7,10-11,13H,3-4,6,8-9H2,1-2H3,(H,19,20,21)/t13-/m1/s1. The Morgan fingerprint density at radius 2 is 2.38 bits per heavy atom. The zero-order chi connectivity index (χ0) is 16.9. The van der Waals surface area contributed by atoms with Crippen LogP contribution in [-0.4, -0.2) is 30.7 Å². The molecule has 0 radical (unpaired) electrons. The van der Waals surface area contributed by atoms with E-state index in [1.54, 1.807) is 7.11 Å². The lowest BCUT2D eigenvalue weighted by Crippen LogP contribution is -2.15. The van der Waals surface area contributed by atoms with E-state index >= 15 is 0 Å². The maximum atomic E-state index is 12.1. The molecule has 1 N–H and O–H groups in total. The fourth-order valence-electron chi connectivity index (χ4n) is 2.82. The highest BCUT2D eigenvalue weighted by Gasteiger charge is 2.17. The molecule has 24 heavy (non-hydrogen) atoms. The monoisotopic (exact) mass is 346 g/mol. The molecule has 6 heteroatoms. The minimum atomic E-state index is -0.0115. The van der Waals surface area contributed by atoms with E-state index in [0.717, 1.165) is 48.4 Å². The molecule has 1 fully saturated rings. The van der Waals surface area contributed by atoms with E-state index in [1.807, 2.05) is 30.5 Å². The number of nitrogens with zero attached hydrogens (tertiary/aromatic N) is 1. The third kappa shape index (κ3) is 4.13. The van der Waals surface area contributed by atoms with Crippen molar-refractivity contribution in [2.24, 2.45) is 0 Å². The van der Waals surface area contributed by atoms with Crippen LogP contribution >= 0.6 is 11.3 Å². The van der Waals surface area contributed by atoms with Crippen LogP contribution in [0.1, 0.15) is 31.2 Å². The van der Waals surface area contributed by atoms with Crippen molar-refractivity contribution in [1.82, 2.24) is 4.98 Å². The number of aromatic nitrogens is 1. The Morgan fingerprint density at radius 3 is 3.12 bits per heavy atom. The van der Waals surface area contributed by atoms with Crippen molar-refractivity contribution in [1.29, 1.82) is 0 Å². The van der Waals surface area contributed by atoms with E-state index in [1.165, 1.54) is 11.3 Å². The van der Waals surface area contributed by atoms with Crippen LogP contribution in [0.2, 0.25) is 0 Å². The van der Waals surface area contributed by atoms with Crippen molar-refractivity contribution in [3.8, 4) is 17.0 Å². The van der Waals surface area contributed by atoms with E-state index in [9.17, 15) is 4.79 Å². The number of methoxy groups -OCH3 is 1. The Kier molecular flexibility index (Phi) is 5.48. The number of benzene rings is 1. The summed E-state index contributed by atoms with van der Waals surface area (Å²) in [5.74, 6) is 0.768. The van der Waals surface area contributed by atoms with E-state index in [0.29, 0.717) is 11.6 Å². The summed E-state index contributed by atoms with van der Waals surface area (Å²) in [4.78, 5) is 16.6. The highest BCUT2D eigenvalue weighted by Crippen LogP contribution is 2.33. The molecule has 1 aromatic carbocycles. The van der Waals surface area contributed by atoms with Crippen molar-refractivity contribution in [2.75, 3.05) is 19.0 Å². The molecule has 0 spiro atoms. The Hall–Kier alpha value is -1.92. The van der Waals surface area contributed by atoms with Gasteiger partial charge in [0.05, 0.1) is 18.9 Å². The van der Waals surface area contributed by atoms with E-state index in [4.69, 9.17) is 9.47 Å². The molecule has 1 saturated heterocycles. The molecular formula is C18H22N2O3S. The van der Waals surface area contributed by atoms with Crippen LogP contribution < -0.4 is 10.1 Å². The minimum absolute atomic E-state index is 0.0115. The van der Waals surface area contributed by atoms with Crippen LogP contribution in [0.25, 0.3) is 11.3 Å². The van der Waals surface area contributed by atoms with Crippen LogP contribution in [0.3, 0.4) is 0 Å². The highest BCUT2D eigenvalue weighted by molar-refractivity contribution is 7.14. The molecule has 0 bridgehead atoms. The number of anilines is 1. The molecule has 0 unspecified atom stereocenters. The number of carbonyl (C=O) groups is 1. The molecule has 1 aromatic heterocycles. The van der Waals surface area contributed by atoms with Crippen LogP contribution in [-0.2, 0) is 9.53 Å². The summed E-state index contributed by atoms with van der Waals surface area (Å²) in [6, 6.07) is 5.98. The number of ether oxygens (including phenoxy) is 2. The zero-order valence-corrected chi connectivity index (χ0v) is 14.8. The summed E-state index contributed by atoms with van der Waals surface area (Å²) in [5.41, 5.74) is 2.89. The maximum Gasteiger partial charge on any atom is 0.226 e. The first kappa shape index (κ1) is 16.9. The molecule has 128 valence electrons.